The van der Waals surface area contributed by atoms with Crippen LogP contribution in [0.4, 0.5) is 0 Å². The van der Waals surface area contributed by atoms with Crippen LogP contribution in [0.1, 0.15) is 30.4 Å². The maximum atomic E-state index is 8.58. The van der Waals surface area contributed by atoms with Gasteiger partial charge in [0.15, 0.2) is 0 Å². The van der Waals surface area contributed by atoms with E-state index in [1.54, 1.807) is 0 Å². The number of nitrogens with two attached hydrogens (primary N) is 1. The Morgan fingerprint density at radius 3 is 2.83 bits per heavy atom. The second kappa shape index (κ2) is 4.28. The minimum absolute atomic E-state index is 0.0779. The highest BCUT2D eigenvalue weighted by atomic mass is 16.3. The molecule has 0 aliphatic heterocycles. The zero-order valence-electron chi connectivity index (χ0n) is 7.29. The quantitative estimate of drug-likeness (QED) is 0.715. The molecule has 0 unspecified atom stereocenters. The van der Waals surface area contributed by atoms with Crippen molar-refractivity contribution in [1.82, 2.24) is 0 Å². The van der Waals surface area contributed by atoms with Crippen molar-refractivity contribution in [3.05, 3.63) is 23.7 Å². The third kappa shape index (κ3) is 2.36. The minimum Gasteiger partial charge on any atom is -0.465 e. The largest absolute Gasteiger partial charge is 0.465 e. The van der Waals surface area contributed by atoms with Crippen LogP contribution in [0.2, 0.25) is 0 Å². The molecule has 0 spiro atoms. The molecule has 0 aliphatic rings. The summed E-state index contributed by atoms with van der Waals surface area (Å²) in [6, 6.07) is 3.71. The summed E-state index contributed by atoms with van der Waals surface area (Å²) >= 11 is 0. The fourth-order valence-corrected chi connectivity index (χ4v) is 1.11. The molecule has 1 atom stereocenters. The summed E-state index contributed by atoms with van der Waals surface area (Å²) in [6.07, 6.45) is 1.49. The highest BCUT2D eigenvalue weighted by molar-refractivity contribution is 5.08. The molecule has 12 heavy (non-hydrogen) atoms. The van der Waals surface area contributed by atoms with Crippen LogP contribution in [-0.2, 0) is 0 Å². The van der Waals surface area contributed by atoms with Crippen molar-refractivity contribution >= 4 is 0 Å². The van der Waals surface area contributed by atoms with E-state index in [0.29, 0.717) is 0 Å². The number of aryl methyl sites for hydroxylation is 1. The van der Waals surface area contributed by atoms with E-state index < -0.39 is 0 Å². The molecule has 68 valence electrons. The Balaban J connectivity index is 2.47. The molecule has 1 rings (SSSR count). The molecular weight excluding hydrogens is 154 g/mol. The van der Waals surface area contributed by atoms with Gasteiger partial charge in [0, 0.05) is 6.61 Å². The first-order chi connectivity index (χ1) is 5.74. The van der Waals surface area contributed by atoms with Gasteiger partial charge in [0.1, 0.15) is 11.5 Å². The van der Waals surface area contributed by atoms with Gasteiger partial charge in [0.25, 0.3) is 0 Å². The van der Waals surface area contributed by atoms with Crippen molar-refractivity contribution in [2.24, 2.45) is 5.73 Å². The summed E-state index contributed by atoms with van der Waals surface area (Å²) < 4.78 is 5.34. The number of rotatable bonds is 4. The van der Waals surface area contributed by atoms with E-state index in [4.69, 9.17) is 15.3 Å². The van der Waals surface area contributed by atoms with E-state index in [1.165, 1.54) is 0 Å². The summed E-state index contributed by atoms with van der Waals surface area (Å²) in [5, 5.41) is 8.58. The summed E-state index contributed by atoms with van der Waals surface area (Å²) in [6.45, 7) is 2.08. The van der Waals surface area contributed by atoms with Crippen molar-refractivity contribution in [3.8, 4) is 0 Å². The SMILES string of the molecule is Cc1ccc([C@H](N)CCCO)o1. The monoisotopic (exact) mass is 169 g/mol. The molecule has 1 aromatic rings. The normalized spacial score (nSPS) is 13.2. The minimum atomic E-state index is -0.0779. The lowest BCUT2D eigenvalue weighted by Crippen LogP contribution is -2.09. The van der Waals surface area contributed by atoms with Crippen LogP contribution < -0.4 is 5.73 Å². The highest BCUT2D eigenvalue weighted by Gasteiger charge is 2.08. The lowest BCUT2D eigenvalue weighted by atomic mass is 10.1. The van der Waals surface area contributed by atoms with Gasteiger partial charge in [-0.1, -0.05) is 0 Å². The van der Waals surface area contributed by atoms with Gasteiger partial charge in [-0.2, -0.15) is 0 Å². The van der Waals surface area contributed by atoms with Crippen LogP contribution in [0, 0.1) is 6.92 Å². The predicted octanol–water partition coefficient (Wildman–Crippen LogP) is 1.36. The van der Waals surface area contributed by atoms with Crippen molar-refractivity contribution in [2.45, 2.75) is 25.8 Å². The second-order valence-electron chi connectivity index (χ2n) is 2.92. The van der Waals surface area contributed by atoms with Gasteiger partial charge in [0.05, 0.1) is 6.04 Å². The lowest BCUT2D eigenvalue weighted by molar-refractivity contribution is 0.276. The van der Waals surface area contributed by atoms with Gasteiger partial charge >= 0.3 is 0 Å². The summed E-state index contributed by atoms with van der Waals surface area (Å²) in [5.41, 5.74) is 5.79. The molecule has 0 aromatic carbocycles. The van der Waals surface area contributed by atoms with Crippen LogP contribution in [0.3, 0.4) is 0 Å². The molecule has 3 N–H and O–H groups in total. The van der Waals surface area contributed by atoms with Crippen molar-refractivity contribution in [2.75, 3.05) is 6.61 Å². The molecule has 0 fully saturated rings. The molecule has 3 nitrogen and oxygen atoms in total. The van der Waals surface area contributed by atoms with Crippen LogP contribution in [-0.4, -0.2) is 11.7 Å². The molecule has 0 bridgehead atoms. The first-order valence-electron chi connectivity index (χ1n) is 4.17. The second-order valence-corrected chi connectivity index (χ2v) is 2.92. The van der Waals surface area contributed by atoms with Crippen LogP contribution in [0.25, 0.3) is 0 Å². The van der Waals surface area contributed by atoms with Gasteiger partial charge in [-0.05, 0) is 31.9 Å². The zero-order chi connectivity index (χ0) is 8.97. The Morgan fingerprint density at radius 2 is 2.33 bits per heavy atom. The lowest BCUT2D eigenvalue weighted by Gasteiger charge is -2.06. The smallest absolute Gasteiger partial charge is 0.120 e. The van der Waals surface area contributed by atoms with Crippen LogP contribution >= 0.6 is 0 Å². The maximum absolute atomic E-state index is 8.58. The van der Waals surface area contributed by atoms with Gasteiger partial charge in [-0.3, -0.25) is 0 Å². The third-order valence-corrected chi connectivity index (χ3v) is 1.80. The maximum Gasteiger partial charge on any atom is 0.120 e. The standard InChI is InChI=1S/C9H15NO2/c1-7-4-5-9(12-7)8(10)3-2-6-11/h4-5,8,11H,2-3,6,10H2,1H3/t8-/m1/s1. The summed E-state index contributed by atoms with van der Waals surface area (Å²) in [4.78, 5) is 0. The van der Waals surface area contributed by atoms with Crippen LogP contribution in [0.5, 0.6) is 0 Å². The Labute approximate surface area is 72.2 Å². The van der Waals surface area contributed by atoms with Gasteiger partial charge in [-0.15, -0.1) is 0 Å². The molecule has 1 aromatic heterocycles. The first-order valence-corrected chi connectivity index (χ1v) is 4.17. The van der Waals surface area contributed by atoms with Crippen molar-refractivity contribution in [1.29, 1.82) is 0 Å². The third-order valence-electron chi connectivity index (χ3n) is 1.80. The highest BCUT2D eigenvalue weighted by Crippen LogP contribution is 2.17. The Hall–Kier alpha value is -0.800. The van der Waals surface area contributed by atoms with Crippen LogP contribution in [0.15, 0.2) is 16.5 Å². The summed E-state index contributed by atoms with van der Waals surface area (Å²) in [5.74, 6) is 1.69. The van der Waals surface area contributed by atoms with Crippen molar-refractivity contribution < 1.29 is 9.52 Å². The van der Waals surface area contributed by atoms with Gasteiger partial charge < -0.3 is 15.3 Å². The average molecular weight is 169 g/mol. The van der Waals surface area contributed by atoms with Gasteiger partial charge in [0.2, 0.25) is 0 Å². The molecule has 0 aliphatic carbocycles. The molecule has 0 amide bonds. The molecule has 3 heteroatoms. The number of furan rings is 1. The topological polar surface area (TPSA) is 59.4 Å². The average Bonchev–Trinajstić information content (AvgIpc) is 2.47. The number of aliphatic hydroxyl groups is 1. The van der Waals surface area contributed by atoms with Crippen molar-refractivity contribution in [3.63, 3.8) is 0 Å². The molecule has 0 saturated heterocycles. The van der Waals surface area contributed by atoms with E-state index in [0.717, 1.165) is 24.4 Å². The number of hydrogen-bond donors (Lipinski definition) is 2. The fraction of sp³-hybridized carbons (Fsp3) is 0.556. The molecule has 1 heterocycles. The van der Waals surface area contributed by atoms with E-state index in [-0.39, 0.29) is 12.6 Å². The molecule has 0 radical (unpaired) electrons. The summed E-state index contributed by atoms with van der Waals surface area (Å²) in [7, 11) is 0. The number of aliphatic hydroxyl groups excluding tert-OH is 1. The van der Waals surface area contributed by atoms with E-state index in [1.807, 2.05) is 19.1 Å². The molecule has 0 saturated carbocycles. The zero-order valence-corrected chi connectivity index (χ0v) is 7.29. The fourth-order valence-electron chi connectivity index (χ4n) is 1.11. The first kappa shape index (κ1) is 9.29. The Morgan fingerprint density at radius 1 is 1.58 bits per heavy atom. The van der Waals surface area contributed by atoms with E-state index in [2.05, 4.69) is 0 Å². The van der Waals surface area contributed by atoms with E-state index in [9.17, 15) is 0 Å². The van der Waals surface area contributed by atoms with Gasteiger partial charge in [-0.25, -0.2) is 0 Å². The van der Waals surface area contributed by atoms with E-state index >= 15 is 0 Å². The number of hydrogen-bond acceptors (Lipinski definition) is 3. The Kier molecular flexibility index (Phi) is 3.31. The Bertz CT molecular complexity index is 232. The molecular formula is C9H15NO2. The predicted molar refractivity (Wildman–Crippen MR) is 46.7 cm³/mol.